The first-order valence-corrected chi connectivity index (χ1v) is 11.4. The zero-order valence-electron chi connectivity index (χ0n) is 16.0. The molecule has 0 aromatic heterocycles. The third-order valence-electron chi connectivity index (χ3n) is 4.54. The number of nitrogens with zero attached hydrogens (tertiary/aromatic N) is 1. The zero-order valence-corrected chi connectivity index (χ0v) is 18.4. The van der Waals surface area contributed by atoms with Crippen LogP contribution in [0.15, 0.2) is 52.3 Å². The van der Waals surface area contributed by atoms with Crippen LogP contribution in [0, 0.1) is 0 Å². The fraction of sp³-hybridized carbons (Fsp3) is 0.143. The lowest BCUT2D eigenvalue weighted by Gasteiger charge is -2.17. The van der Waals surface area contributed by atoms with Crippen LogP contribution in [0.25, 0.3) is 6.08 Å². The van der Waals surface area contributed by atoms with Gasteiger partial charge < -0.3 is 10.6 Å². The van der Waals surface area contributed by atoms with Crippen LogP contribution in [0.4, 0.5) is 10.5 Å². The summed E-state index contributed by atoms with van der Waals surface area (Å²) in [4.78, 5) is 51.1. The van der Waals surface area contributed by atoms with Crippen molar-refractivity contribution in [2.75, 3.05) is 24.2 Å². The molecule has 0 bridgehead atoms. The van der Waals surface area contributed by atoms with E-state index in [2.05, 4.69) is 10.6 Å². The topological polar surface area (TPSA) is 95.6 Å². The van der Waals surface area contributed by atoms with Crippen molar-refractivity contribution in [1.82, 2.24) is 10.2 Å². The highest BCUT2D eigenvalue weighted by Crippen LogP contribution is 2.33. The molecule has 0 saturated carbocycles. The van der Waals surface area contributed by atoms with E-state index in [1.807, 2.05) is 0 Å². The molecule has 4 rings (SSSR count). The molecule has 2 aliphatic rings. The molecule has 0 radical (unpaired) electrons. The van der Waals surface area contributed by atoms with Crippen LogP contribution in [-0.2, 0) is 9.59 Å². The van der Waals surface area contributed by atoms with E-state index in [0.717, 1.165) is 27.1 Å². The molecule has 2 N–H and O–H groups in total. The number of imide groups is 1. The Morgan fingerprint density at radius 3 is 2.71 bits per heavy atom. The third-order valence-corrected chi connectivity index (χ3v) is 6.77. The molecule has 2 aromatic rings. The van der Waals surface area contributed by atoms with Crippen LogP contribution in [0.2, 0.25) is 5.02 Å². The van der Waals surface area contributed by atoms with E-state index in [-0.39, 0.29) is 30.1 Å². The first kappa shape index (κ1) is 21.5. The van der Waals surface area contributed by atoms with Gasteiger partial charge in [0.05, 0.1) is 16.3 Å². The zero-order chi connectivity index (χ0) is 22.0. The van der Waals surface area contributed by atoms with E-state index >= 15 is 0 Å². The molecule has 0 aliphatic carbocycles. The average Bonchev–Trinajstić information content (AvgIpc) is 3.02. The first-order chi connectivity index (χ1) is 14.9. The Bertz CT molecular complexity index is 1120. The number of carbonyl (C=O) groups excluding carboxylic acids is 4. The maximum absolute atomic E-state index is 12.6. The number of carbonyl (C=O) groups is 4. The van der Waals surface area contributed by atoms with Gasteiger partial charge in [-0.15, -0.1) is 11.8 Å². The summed E-state index contributed by atoms with van der Waals surface area (Å²) in [5.74, 6) is -0.506. The van der Waals surface area contributed by atoms with Crippen LogP contribution < -0.4 is 10.6 Å². The monoisotopic (exact) mass is 473 g/mol. The van der Waals surface area contributed by atoms with Crippen molar-refractivity contribution in [3.8, 4) is 0 Å². The lowest BCUT2D eigenvalue weighted by molar-refractivity contribution is -0.122. The molecule has 0 atom stereocenters. The van der Waals surface area contributed by atoms with Crippen molar-refractivity contribution in [3.05, 3.63) is 63.5 Å². The summed E-state index contributed by atoms with van der Waals surface area (Å²) in [5.41, 5.74) is 1.76. The Morgan fingerprint density at radius 1 is 1.16 bits per heavy atom. The maximum atomic E-state index is 12.6. The molecule has 0 spiro atoms. The number of anilines is 1. The lowest BCUT2D eigenvalue weighted by atomic mass is 10.2. The number of nitrogens with one attached hydrogen (secondary N) is 2. The van der Waals surface area contributed by atoms with Crippen molar-refractivity contribution < 1.29 is 19.2 Å². The van der Waals surface area contributed by atoms with Gasteiger partial charge in [0.25, 0.3) is 17.1 Å². The van der Waals surface area contributed by atoms with Crippen LogP contribution in [0.3, 0.4) is 0 Å². The van der Waals surface area contributed by atoms with Gasteiger partial charge in [-0.1, -0.05) is 23.7 Å². The van der Waals surface area contributed by atoms with Gasteiger partial charge in [-0.3, -0.25) is 24.1 Å². The Kier molecular flexibility index (Phi) is 6.35. The Hall–Kier alpha value is -2.75. The molecular weight excluding hydrogens is 458 g/mol. The van der Waals surface area contributed by atoms with Gasteiger partial charge in [0.2, 0.25) is 5.91 Å². The van der Waals surface area contributed by atoms with E-state index in [0.29, 0.717) is 26.9 Å². The van der Waals surface area contributed by atoms with Gasteiger partial charge in [-0.25, -0.2) is 0 Å². The van der Waals surface area contributed by atoms with E-state index < -0.39 is 5.91 Å². The predicted molar refractivity (Wildman–Crippen MR) is 122 cm³/mol. The summed E-state index contributed by atoms with van der Waals surface area (Å²) in [6.07, 6.45) is 1.64. The van der Waals surface area contributed by atoms with Crippen LogP contribution in [0.1, 0.15) is 15.9 Å². The standard InChI is InChI=1S/C21H16ClN3O4S2/c22-14-4-1-12(2-5-14)9-17-20(28)25(21(29)31-17)8-7-23-19(27)13-3-6-16-15(10-13)24-18(26)11-30-16/h1-6,9-10H,7-8,11H2,(H,23,27)(H,24,26)/b17-9-. The molecule has 31 heavy (non-hydrogen) atoms. The second kappa shape index (κ2) is 9.17. The smallest absolute Gasteiger partial charge is 0.293 e. The van der Waals surface area contributed by atoms with Gasteiger partial charge in [-0.05, 0) is 53.7 Å². The number of thioether (sulfide) groups is 2. The molecule has 158 valence electrons. The van der Waals surface area contributed by atoms with Crippen LogP contribution in [-0.4, -0.2) is 46.7 Å². The molecule has 4 amide bonds. The number of halogens is 1. The SMILES string of the molecule is O=C1CSc2ccc(C(=O)NCCN3C(=O)S/C(=C\c4ccc(Cl)cc4)C3=O)cc2N1. The van der Waals surface area contributed by atoms with E-state index in [1.165, 1.54) is 11.8 Å². The minimum absolute atomic E-state index is 0.0614. The molecule has 10 heteroatoms. The molecule has 2 aromatic carbocycles. The van der Waals surface area contributed by atoms with Crippen molar-refractivity contribution >= 4 is 69.8 Å². The normalized spacial score (nSPS) is 17.0. The molecule has 1 fully saturated rings. The summed E-state index contributed by atoms with van der Waals surface area (Å²) in [6, 6.07) is 12.0. The van der Waals surface area contributed by atoms with Gasteiger partial charge in [0.15, 0.2) is 0 Å². The number of amides is 4. The number of benzene rings is 2. The highest BCUT2D eigenvalue weighted by molar-refractivity contribution is 8.18. The summed E-state index contributed by atoms with van der Waals surface area (Å²) >= 11 is 8.14. The predicted octanol–water partition coefficient (Wildman–Crippen LogP) is 3.85. The minimum atomic E-state index is -0.396. The second-order valence-electron chi connectivity index (χ2n) is 6.69. The van der Waals surface area contributed by atoms with Crippen molar-refractivity contribution in [2.45, 2.75) is 4.90 Å². The van der Waals surface area contributed by atoms with Gasteiger partial charge in [-0.2, -0.15) is 0 Å². The van der Waals surface area contributed by atoms with Gasteiger partial charge in [0.1, 0.15) is 0 Å². The highest BCUT2D eigenvalue weighted by Gasteiger charge is 2.34. The fourth-order valence-electron chi connectivity index (χ4n) is 3.01. The van der Waals surface area contributed by atoms with Gasteiger partial charge >= 0.3 is 0 Å². The quantitative estimate of drug-likeness (QED) is 0.640. The molecule has 1 saturated heterocycles. The van der Waals surface area contributed by atoms with E-state index in [9.17, 15) is 19.2 Å². The van der Waals surface area contributed by atoms with E-state index in [4.69, 9.17) is 11.6 Å². The van der Waals surface area contributed by atoms with Crippen molar-refractivity contribution in [3.63, 3.8) is 0 Å². The molecule has 2 aliphatic heterocycles. The Balaban J connectivity index is 1.35. The molecule has 7 nitrogen and oxygen atoms in total. The number of rotatable bonds is 5. The lowest BCUT2D eigenvalue weighted by Crippen LogP contribution is -2.37. The maximum Gasteiger partial charge on any atom is 0.293 e. The minimum Gasteiger partial charge on any atom is -0.350 e. The largest absolute Gasteiger partial charge is 0.350 e. The second-order valence-corrected chi connectivity index (χ2v) is 9.14. The van der Waals surface area contributed by atoms with E-state index in [1.54, 1.807) is 48.5 Å². The highest BCUT2D eigenvalue weighted by atomic mass is 35.5. The van der Waals surface area contributed by atoms with Gasteiger partial charge in [0, 0.05) is 28.6 Å². The number of fused-ring (bicyclic) bond motifs is 1. The summed E-state index contributed by atoms with van der Waals surface area (Å²) in [6.45, 7) is 0.176. The van der Waals surface area contributed by atoms with Crippen LogP contribution in [0.5, 0.6) is 0 Å². The van der Waals surface area contributed by atoms with Crippen LogP contribution >= 0.6 is 35.1 Å². The Morgan fingerprint density at radius 2 is 1.94 bits per heavy atom. The number of hydrogen-bond acceptors (Lipinski definition) is 6. The molecular formula is C21H16ClN3O4S2. The first-order valence-electron chi connectivity index (χ1n) is 9.26. The molecule has 0 unspecified atom stereocenters. The molecule has 2 heterocycles. The average molecular weight is 474 g/mol. The van der Waals surface area contributed by atoms with Crippen molar-refractivity contribution in [1.29, 1.82) is 0 Å². The summed E-state index contributed by atoms with van der Waals surface area (Å²) in [5, 5.41) is 5.65. The third kappa shape index (κ3) is 4.95. The Labute approximate surface area is 191 Å². The van der Waals surface area contributed by atoms with Crippen molar-refractivity contribution in [2.24, 2.45) is 0 Å². The summed E-state index contributed by atoms with van der Waals surface area (Å²) in [7, 11) is 0. The summed E-state index contributed by atoms with van der Waals surface area (Å²) < 4.78 is 0. The number of hydrogen-bond donors (Lipinski definition) is 2. The fourth-order valence-corrected chi connectivity index (χ4v) is 4.79.